The zero-order valence-electron chi connectivity index (χ0n) is 12.6. The number of carbonyl (C=O) groups excluding carboxylic acids is 2. The third-order valence-electron chi connectivity index (χ3n) is 3.24. The Morgan fingerprint density at radius 2 is 1.83 bits per heavy atom. The average molecular weight is 351 g/mol. The molecule has 126 valence electrons. The van der Waals surface area contributed by atoms with E-state index in [2.05, 4.69) is 10.9 Å². The minimum absolute atomic E-state index is 0.106. The largest absolute Gasteiger partial charge is 0.508 e. The van der Waals surface area contributed by atoms with Gasteiger partial charge in [0, 0.05) is 11.1 Å². The molecule has 0 radical (unpaired) electrons. The first-order valence-electron chi connectivity index (χ1n) is 6.86. The van der Waals surface area contributed by atoms with Gasteiger partial charge in [0.25, 0.3) is 11.8 Å². The quantitative estimate of drug-likeness (QED) is 0.538. The lowest BCUT2D eigenvalue weighted by Crippen LogP contribution is -2.44. The molecule has 0 saturated carbocycles. The second-order valence-electron chi connectivity index (χ2n) is 5.06. The Hall–Kier alpha value is -2.77. The number of aryl methyl sites for hydroxylation is 1. The summed E-state index contributed by atoms with van der Waals surface area (Å²) in [6.07, 6.45) is -1.53. The van der Waals surface area contributed by atoms with Gasteiger partial charge >= 0.3 is 0 Å². The van der Waals surface area contributed by atoms with Crippen molar-refractivity contribution in [3.05, 3.63) is 58.1 Å². The van der Waals surface area contributed by atoms with Crippen molar-refractivity contribution in [2.45, 2.75) is 13.0 Å². The van der Waals surface area contributed by atoms with Crippen molar-refractivity contribution in [3.8, 4) is 11.5 Å². The van der Waals surface area contributed by atoms with Gasteiger partial charge in [0.15, 0.2) is 6.10 Å². The van der Waals surface area contributed by atoms with E-state index in [9.17, 15) is 24.9 Å². The number of hydrogen-bond donors (Lipinski definition) is 5. The van der Waals surface area contributed by atoms with Gasteiger partial charge in [-0.2, -0.15) is 0 Å². The van der Waals surface area contributed by atoms with E-state index in [-0.39, 0.29) is 16.9 Å². The number of hydrogen-bond acceptors (Lipinski definition) is 5. The van der Waals surface area contributed by atoms with Crippen molar-refractivity contribution in [3.63, 3.8) is 0 Å². The van der Waals surface area contributed by atoms with Crippen molar-refractivity contribution >= 4 is 23.4 Å². The number of amides is 2. The number of aromatic hydroxyl groups is 2. The molecule has 0 aromatic heterocycles. The van der Waals surface area contributed by atoms with Gasteiger partial charge in [-0.25, -0.2) is 0 Å². The molecule has 0 aliphatic carbocycles. The summed E-state index contributed by atoms with van der Waals surface area (Å²) < 4.78 is 0. The predicted octanol–water partition coefficient (Wildman–Crippen LogP) is 1.55. The summed E-state index contributed by atoms with van der Waals surface area (Å²) in [5.41, 5.74) is 4.62. The monoisotopic (exact) mass is 350 g/mol. The number of nitrogens with one attached hydrogen (secondary N) is 2. The fourth-order valence-corrected chi connectivity index (χ4v) is 2.32. The van der Waals surface area contributed by atoms with Crippen molar-refractivity contribution in [1.82, 2.24) is 10.9 Å². The van der Waals surface area contributed by atoms with Crippen LogP contribution >= 0.6 is 11.6 Å². The molecule has 2 aromatic carbocycles. The lowest BCUT2D eigenvalue weighted by atomic mass is 10.1. The van der Waals surface area contributed by atoms with E-state index < -0.39 is 23.7 Å². The molecule has 2 amide bonds. The van der Waals surface area contributed by atoms with Crippen LogP contribution in [0.15, 0.2) is 36.4 Å². The predicted molar refractivity (Wildman–Crippen MR) is 86.5 cm³/mol. The Bertz CT molecular complexity index is 771. The zero-order chi connectivity index (χ0) is 17.9. The molecular formula is C16H15ClN2O5. The van der Waals surface area contributed by atoms with E-state index in [4.69, 9.17) is 11.6 Å². The molecule has 7 nitrogen and oxygen atoms in total. The third kappa shape index (κ3) is 3.95. The first-order chi connectivity index (χ1) is 11.3. The van der Waals surface area contributed by atoms with E-state index in [0.717, 1.165) is 6.07 Å². The molecule has 0 aliphatic heterocycles. The van der Waals surface area contributed by atoms with E-state index in [0.29, 0.717) is 10.6 Å². The van der Waals surface area contributed by atoms with Gasteiger partial charge in [-0.15, -0.1) is 0 Å². The molecule has 0 aliphatic rings. The molecule has 8 heteroatoms. The maximum atomic E-state index is 12.0. The van der Waals surface area contributed by atoms with Gasteiger partial charge < -0.3 is 15.3 Å². The highest BCUT2D eigenvalue weighted by Crippen LogP contribution is 2.26. The Morgan fingerprint density at radius 1 is 1.12 bits per heavy atom. The number of halogens is 1. The van der Waals surface area contributed by atoms with E-state index in [1.165, 1.54) is 25.1 Å². The van der Waals surface area contributed by atoms with Gasteiger partial charge in [-0.3, -0.25) is 20.4 Å². The zero-order valence-corrected chi connectivity index (χ0v) is 13.3. The maximum absolute atomic E-state index is 12.0. The number of carbonyl (C=O) groups is 2. The summed E-state index contributed by atoms with van der Waals surface area (Å²) >= 11 is 5.79. The Labute approximate surface area is 142 Å². The fraction of sp³-hybridized carbons (Fsp3) is 0.125. The smallest absolute Gasteiger partial charge is 0.273 e. The lowest BCUT2D eigenvalue weighted by molar-refractivity contribution is -0.130. The van der Waals surface area contributed by atoms with Crippen LogP contribution < -0.4 is 10.9 Å². The number of hydrazine groups is 1. The van der Waals surface area contributed by atoms with E-state index in [1.54, 1.807) is 12.1 Å². The van der Waals surface area contributed by atoms with Gasteiger partial charge in [0.2, 0.25) is 0 Å². The SMILES string of the molecule is Cc1cc(O)cc(O)c1C(=O)NNC(=O)C(O)c1cccc(Cl)c1. The highest BCUT2D eigenvalue weighted by Gasteiger charge is 2.20. The highest BCUT2D eigenvalue weighted by molar-refractivity contribution is 6.30. The van der Waals surface area contributed by atoms with Crippen LogP contribution in [0.4, 0.5) is 0 Å². The van der Waals surface area contributed by atoms with Crippen molar-refractivity contribution in [2.75, 3.05) is 0 Å². The summed E-state index contributed by atoms with van der Waals surface area (Å²) in [4.78, 5) is 23.9. The number of aliphatic hydroxyl groups excluding tert-OH is 1. The molecular weight excluding hydrogens is 336 g/mol. The van der Waals surface area contributed by atoms with Crippen LogP contribution in [-0.2, 0) is 4.79 Å². The lowest BCUT2D eigenvalue weighted by Gasteiger charge is -2.14. The number of rotatable bonds is 3. The Balaban J connectivity index is 2.05. The van der Waals surface area contributed by atoms with E-state index in [1.807, 2.05) is 0 Å². The summed E-state index contributed by atoms with van der Waals surface area (Å²) in [5, 5.41) is 29.4. The molecule has 0 heterocycles. The minimum atomic E-state index is -1.53. The van der Waals surface area contributed by atoms with Crippen LogP contribution in [0.25, 0.3) is 0 Å². The maximum Gasteiger partial charge on any atom is 0.273 e. The molecule has 1 unspecified atom stereocenters. The number of benzene rings is 2. The number of phenolic OH excluding ortho intramolecular Hbond substituents is 2. The molecule has 2 aromatic rings. The molecule has 1 atom stereocenters. The van der Waals surface area contributed by atoms with Gasteiger partial charge in [0.05, 0.1) is 5.56 Å². The van der Waals surface area contributed by atoms with Crippen molar-refractivity contribution in [2.24, 2.45) is 0 Å². The molecule has 0 saturated heterocycles. The molecule has 0 bridgehead atoms. The first kappa shape index (κ1) is 17.6. The molecule has 0 spiro atoms. The Kier molecular flexibility index (Phi) is 5.28. The molecule has 0 fully saturated rings. The fourth-order valence-electron chi connectivity index (χ4n) is 2.12. The third-order valence-corrected chi connectivity index (χ3v) is 3.47. The second kappa shape index (κ2) is 7.20. The van der Waals surface area contributed by atoms with Crippen LogP contribution in [0.3, 0.4) is 0 Å². The van der Waals surface area contributed by atoms with E-state index >= 15 is 0 Å². The second-order valence-corrected chi connectivity index (χ2v) is 5.49. The van der Waals surface area contributed by atoms with Gasteiger partial charge in [-0.1, -0.05) is 23.7 Å². The summed E-state index contributed by atoms with van der Waals surface area (Å²) in [6, 6.07) is 8.39. The van der Waals surface area contributed by atoms with Crippen LogP contribution in [-0.4, -0.2) is 27.1 Å². The normalized spacial score (nSPS) is 11.6. The molecule has 2 rings (SSSR count). The summed E-state index contributed by atoms with van der Waals surface area (Å²) in [6.45, 7) is 1.51. The highest BCUT2D eigenvalue weighted by atomic mass is 35.5. The molecule has 24 heavy (non-hydrogen) atoms. The molecule has 5 N–H and O–H groups in total. The minimum Gasteiger partial charge on any atom is -0.508 e. The standard InChI is InChI=1S/C16H15ClN2O5/c1-8-5-11(20)7-12(21)13(8)15(23)18-19-16(24)14(22)9-3-2-4-10(17)6-9/h2-7,14,20-22H,1H3,(H,18,23)(H,19,24). The summed E-state index contributed by atoms with van der Waals surface area (Å²) in [7, 11) is 0. The van der Waals surface area contributed by atoms with Crippen LogP contribution in [0, 0.1) is 6.92 Å². The van der Waals surface area contributed by atoms with Crippen molar-refractivity contribution < 1.29 is 24.9 Å². The van der Waals surface area contributed by atoms with Crippen LogP contribution in [0.2, 0.25) is 5.02 Å². The Morgan fingerprint density at radius 3 is 2.46 bits per heavy atom. The number of phenols is 2. The topological polar surface area (TPSA) is 119 Å². The summed E-state index contributed by atoms with van der Waals surface area (Å²) in [5.74, 6) is -2.30. The van der Waals surface area contributed by atoms with Crippen LogP contribution in [0.1, 0.15) is 27.6 Å². The van der Waals surface area contributed by atoms with Gasteiger partial charge in [0.1, 0.15) is 11.5 Å². The average Bonchev–Trinajstić information content (AvgIpc) is 2.50. The first-order valence-corrected chi connectivity index (χ1v) is 7.23. The van der Waals surface area contributed by atoms with Crippen LogP contribution in [0.5, 0.6) is 11.5 Å². The van der Waals surface area contributed by atoms with Gasteiger partial charge in [-0.05, 0) is 36.2 Å². The number of aliphatic hydroxyl groups is 1. The van der Waals surface area contributed by atoms with Crippen molar-refractivity contribution in [1.29, 1.82) is 0 Å².